The Labute approximate surface area is 189 Å². The molecule has 4 rings (SSSR count). The van der Waals surface area contributed by atoms with Crippen LogP contribution in [0.1, 0.15) is 16.7 Å². The van der Waals surface area contributed by atoms with Crippen LogP contribution in [-0.4, -0.2) is 27.6 Å². The van der Waals surface area contributed by atoms with Crippen molar-refractivity contribution in [3.05, 3.63) is 65.6 Å². The molecule has 0 fully saturated rings. The third kappa shape index (κ3) is 4.32. The van der Waals surface area contributed by atoms with Crippen LogP contribution in [0.15, 0.2) is 53.8 Å². The molecule has 0 unspecified atom stereocenters. The predicted molar refractivity (Wildman–Crippen MR) is 120 cm³/mol. The van der Waals surface area contributed by atoms with Crippen LogP contribution in [0.4, 0.5) is 5.13 Å². The third-order valence-electron chi connectivity index (χ3n) is 4.59. The van der Waals surface area contributed by atoms with Crippen LogP contribution in [0, 0.1) is 25.2 Å². The van der Waals surface area contributed by atoms with Crippen LogP contribution in [-0.2, 0) is 17.1 Å². The Morgan fingerprint density at radius 2 is 1.94 bits per heavy atom. The molecule has 2 aromatic heterocycles. The smallest absolute Gasteiger partial charge is 0.263 e. The average molecular weight is 467 g/mol. The van der Waals surface area contributed by atoms with Crippen LogP contribution in [0.2, 0.25) is 0 Å². The highest BCUT2D eigenvalue weighted by molar-refractivity contribution is 7.93. The van der Waals surface area contributed by atoms with E-state index in [0.29, 0.717) is 5.75 Å². The molecule has 2 aromatic carbocycles. The van der Waals surface area contributed by atoms with Gasteiger partial charge in [-0.05, 0) is 49.7 Å². The molecule has 1 N–H and O–H groups in total. The Kier molecular flexibility index (Phi) is 5.65. The zero-order chi connectivity index (χ0) is 22.9. The Balaban J connectivity index is 1.70. The predicted octanol–water partition coefficient (Wildman–Crippen LogP) is 4.02. The molecular weight excluding hydrogens is 448 g/mol. The van der Waals surface area contributed by atoms with Crippen molar-refractivity contribution >= 4 is 26.7 Å². The van der Waals surface area contributed by atoms with Crippen molar-refractivity contribution in [1.29, 1.82) is 5.26 Å². The van der Waals surface area contributed by atoms with E-state index in [1.54, 1.807) is 4.68 Å². The molecule has 32 heavy (non-hydrogen) atoms. The van der Waals surface area contributed by atoms with Crippen LogP contribution in [0.5, 0.6) is 11.5 Å². The largest absolute Gasteiger partial charge is 0.455 e. The number of rotatable bonds is 6. The molecule has 0 amide bonds. The van der Waals surface area contributed by atoms with Crippen molar-refractivity contribution in [2.24, 2.45) is 7.05 Å². The minimum absolute atomic E-state index is 0.0782. The second-order valence-electron chi connectivity index (χ2n) is 7.06. The van der Waals surface area contributed by atoms with Gasteiger partial charge in [-0.2, -0.15) is 14.7 Å². The minimum Gasteiger partial charge on any atom is -0.455 e. The van der Waals surface area contributed by atoms with Crippen LogP contribution >= 0.6 is 11.5 Å². The van der Waals surface area contributed by atoms with Gasteiger partial charge in [-0.15, -0.1) is 0 Å². The van der Waals surface area contributed by atoms with Gasteiger partial charge in [-0.3, -0.25) is 9.40 Å². The van der Waals surface area contributed by atoms with E-state index in [1.807, 2.05) is 51.4 Å². The summed E-state index contributed by atoms with van der Waals surface area (Å²) in [7, 11) is -2.08. The van der Waals surface area contributed by atoms with E-state index in [9.17, 15) is 13.7 Å². The first-order chi connectivity index (χ1) is 15.3. The second-order valence-corrected chi connectivity index (χ2v) is 9.52. The van der Waals surface area contributed by atoms with E-state index in [0.717, 1.165) is 33.9 Å². The van der Waals surface area contributed by atoms with Crippen molar-refractivity contribution in [3.8, 4) is 28.8 Å². The highest BCUT2D eigenvalue weighted by Gasteiger charge is 2.20. The van der Waals surface area contributed by atoms with Crippen molar-refractivity contribution < 1.29 is 13.2 Å². The zero-order valence-electron chi connectivity index (χ0n) is 17.4. The van der Waals surface area contributed by atoms with E-state index >= 15 is 0 Å². The Bertz CT molecular complexity index is 1440. The molecule has 0 saturated heterocycles. The van der Waals surface area contributed by atoms with E-state index in [4.69, 9.17) is 4.74 Å². The lowest BCUT2D eigenvalue weighted by molar-refractivity contribution is 0.482. The second kappa shape index (κ2) is 8.41. The molecule has 2 heterocycles. The lowest BCUT2D eigenvalue weighted by Crippen LogP contribution is -2.13. The number of sulfonamides is 1. The van der Waals surface area contributed by atoms with Gasteiger partial charge < -0.3 is 4.74 Å². The van der Waals surface area contributed by atoms with Crippen molar-refractivity contribution in [2.45, 2.75) is 18.7 Å². The normalized spacial score (nSPS) is 11.2. The topological polar surface area (TPSA) is 123 Å². The molecule has 0 bridgehead atoms. The lowest BCUT2D eigenvalue weighted by atomic mass is 10.0. The summed E-state index contributed by atoms with van der Waals surface area (Å²) in [5, 5.41) is 14.3. The standard InChI is InChI=1S/C21H18N6O3S2/c1-13-4-6-19(17(8-13)20-14(2)11-27(3)25-20)30-18-7-5-16(9-15(18)10-22)32(28,29)26-21-23-12-24-31-21/h4-9,11-12H,1-3H3,(H,23,24,26). The van der Waals surface area contributed by atoms with Crippen molar-refractivity contribution in [1.82, 2.24) is 19.1 Å². The monoisotopic (exact) mass is 466 g/mol. The van der Waals surface area contributed by atoms with Crippen LogP contribution in [0.3, 0.4) is 0 Å². The SMILES string of the molecule is Cc1ccc(Oc2ccc(S(=O)(=O)Nc3ncns3)cc2C#N)c(-c2nn(C)cc2C)c1. The average Bonchev–Trinajstić information content (AvgIpc) is 3.37. The Morgan fingerprint density at radius 1 is 1.16 bits per heavy atom. The maximum absolute atomic E-state index is 12.6. The fourth-order valence-corrected chi connectivity index (χ4v) is 4.84. The fourth-order valence-electron chi connectivity index (χ4n) is 3.15. The van der Waals surface area contributed by atoms with Gasteiger partial charge in [0.05, 0.1) is 16.2 Å². The highest BCUT2D eigenvalue weighted by Crippen LogP contribution is 2.36. The number of aryl methyl sites for hydroxylation is 3. The molecule has 0 aliphatic heterocycles. The van der Waals surface area contributed by atoms with E-state index in [-0.39, 0.29) is 21.3 Å². The molecule has 4 aromatic rings. The number of nitriles is 1. The van der Waals surface area contributed by atoms with Gasteiger partial charge in [0.15, 0.2) is 0 Å². The number of anilines is 1. The summed E-state index contributed by atoms with van der Waals surface area (Å²) in [5.74, 6) is 0.748. The molecule has 0 aliphatic carbocycles. The van der Waals surface area contributed by atoms with Crippen molar-refractivity contribution in [3.63, 3.8) is 0 Å². The molecule has 0 atom stereocenters. The third-order valence-corrected chi connectivity index (χ3v) is 6.63. The Hall–Kier alpha value is -3.75. The number of nitrogens with one attached hydrogen (secondary N) is 1. The number of hydrogen-bond acceptors (Lipinski definition) is 8. The zero-order valence-corrected chi connectivity index (χ0v) is 19.0. The molecule has 0 radical (unpaired) electrons. The van der Waals surface area contributed by atoms with E-state index in [1.165, 1.54) is 24.5 Å². The van der Waals surface area contributed by atoms with Crippen LogP contribution in [0.25, 0.3) is 11.3 Å². The molecule has 0 aliphatic rings. The summed E-state index contributed by atoms with van der Waals surface area (Å²) in [4.78, 5) is 3.73. The minimum atomic E-state index is -3.93. The summed E-state index contributed by atoms with van der Waals surface area (Å²) >= 11 is 0.914. The summed E-state index contributed by atoms with van der Waals surface area (Å²) in [6.45, 7) is 3.93. The van der Waals surface area contributed by atoms with Gasteiger partial charge in [0, 0.05) is 30.3 Å². The molecule has 9 nitrogen and oxygen atoms in total. The lowest BCUT2D eigenvalue weighted by Gasteiger charge is -2.13. The number of ether oxygens (including phenoxy) is 1. The Morgan fingerprint density at radius 3 is 2.59 bits per heavy atom. The van der Waals surface area contributed by atoms with Crippen LogP contribution < -0.4 is 9.46 Å². The van der Waals surface area contributed by atoms with Gasteiger partial charge in [-0.1, -0.05) is 11.6 Å². The molecule has 0 spiro atoms. The number of nitrogens with zero attached hydrogens (tertiary/aromatic N) is 5. The maximum atomic E-state index is 12.6. The van der Waals surface area contributed by atoms with Gasteiger partial charge in [0.1, 0.15) is 23.9 Å². The quantitative estimate of drug-likeness (QED) is 0.455. The number of benzene rings is 2. The number of hydrogen-bond donors (Lipinski definition) is 1. The van der Waals surface area contributed by atoms with Crippen molar-refractivity contribution in [2.75, 3.05) is 4.72 Å². The van der Waals surface area contributed by atoms with Gasteiger partial charge in [-0.25, -0.2) is 13.4 Å². The van der Waals surface area contributed by atoms with Gasteiger partial charge in [0.25, 0.3) is 10.0 Å². The molecular formula is C21H18N6O3S2. The fraction of sp³-hybridized carbons (Fsp3) is 0.143. The first-order valence-corrected chi connectivity index (χ1v) is 11.7. The first-order valence-electron chi connectivity index (χ1n) is 9.39. The summed E-state index contributed by atoms with van der Waals surface area (Å²) in [6, 6.07) is 11.8. The van der Waals surface area contributed by atoms with Gasteiger partial charge in [0.2, 0.25) is 5.13 Å². The molecule has 11 heteroatoms. The van der Waals surface area contributed by atoms with Gasteiger partial charge >= 0.3 is 0 Å². The van der Waals surface area contributed by atoms with E-state index in [2.05, 4.69) is 19.2 Å². The summed E-state index contributed by atoms with van der Waals surface area (Å²) in [6.07, 6.45) is 3.16. The first kappa shape index (κ1) is 21.5. The maximum Gasteiger partial charge on any atom is 0.263 e. The molecule has 0 saturated carbocycles. The summed E-state index contributed by atoms with van der Waals surface area (Å²) < 4.78 is 39.1. The highest BCUT2D eigenvalue weighted by atomic mass is 32.2. The van der Waals surface area contributed by atoms with E-state index < -0.39 is 10.0 Å². The molecule has 162 valence electrons. The number of aromatic nitrogens is 4. The summed E-state index contributed by atoms with van der Waals surface area (Å²) in [5.41, 5.74) is 3.64.